The molecule has 5 rings (SSSR count). The van der Waals surface area contributed by atoms with Gasteiger partial charge in [0.15, 0.2) is 0 Å². The number of halogens is 1. The number of carbonyl (C=O) groups excluding carboxylic acids is 1. The lowest BCUT2D eigenvalue weighted by molar-refractivity contribution is 0.0169. The van der Waals surface area contributed by atoms with Crippen LogP contribution < -0.4 is 10.2 Å². The highest BCUT2D eigenvalue weighted by molar-refractivity contribution is 5.70. The minimum absolute atomic E-state index is 0.201. The quantitative estimate of drug-likeness (QED) is 0.721. The van der Waals surface area contributed by atoms with Gasteiger partial charge in [-0.3, -0.25) is 4.90 Å². The zero-order valence-electron chi connectivity index (χ0n) is 20.1. The maximum atomic E-state index is 14.9. The van der Waals surface area contributed by atoms with Gasteiger partial charge in [-0.15, -0.1) is 0 Å². The van der Waals surface area contributed by atoms with Crippen molar-refractivity contribution in [1.29, 1.82) is 0 Å². The largest absolute Gasteiger partial charge is 0.444 e. The zero-order valence-corrected chi connectivity index (χ0v) is 20.1. The summed E-state index contributed by atoms with van der Waals surface area (Å²) in [6.45, 7) is 11.7. The number of nitrogens with one attached hydrogen (secondary N) is 1. The Balaban J connectivity index is 1.12. The van der Waals surface area contributed by atoms with Crippen LogP contribution in [0.3, 0.4) is 0 Å². The number of benzene rings is 1. The molecule has 2 N–H and O–H groups in total. The number of ether oxygens (including phenoxy) is 1. The van der Waals surface area contributed by atoms with Crippen molar-refractivity contribution < 1.29 is 19.0 Å². The average Bonchev–Trinajstić information content (AvgIpc) is 3.51. The number of fused-ring (bicyclic) bond motifs is 2. The molecule has 2 saturated heterocycles. The predicted octanol–water partition coefficient (Wildman–Crippen LogP) is 3.37. The van der Waals surface area contributed by atoms with Gasteiger partial charge in [-0.1, -0.05) is 0 Å². The molecule has 0 radical (unpaired) electrons. The molecule has 1 unspecified atom stereocenters. The van der Waals surface area contributed by atoms with Crippen molar-refractivity contribution in [3.05, 3.63) is 23.5 Å². The number of piperidine rings is 1. The Hall–Kier alpha value is -2.06. The first-order valence-electron chi connectivity index (χ1n) is 12.4. The maximum Gasteiger partial charge on any atom is 0.410 e. The van der Waals surface area contributed by atoms with Gasteiger partial charge in [-0.05, 0) is 70.1 Å². The number of rotatable bonds is 3. The molecular weight excluding hydrogens is 423 g/mol. The van der Waals surface area contributed by atoms with Crippen molar-refractivity contribution in [3.63, 3.8) is 0 Å². The number of hydrogen-bond donors (Lipinski definition) is 2. The van der Waals surface area contributed by atoms with Crippen molar-refractivity contribution in [1.82, 2.24) is 9.80 Å². The monoisotopic (exact) mass is 460 g/mol. The molecule has 1 atom stereocenters. The van der Waals surface area contributed by atoms with Gasteiger partial charge < -0.3 is 25.0 Å². The van der Waals surface area contributed by atoms with Crippen molar-refractivity contribution >= 4 is 17.5 Å². The van der Waals surface area contributed by atoms with E-state index in [1.807, 2.05) is 31.7 Å². The third kappa shape index (κ3) is 4.52. The van der Waals surface area contributed by atoms with E-state index in [2.05, 4.69) is 15.1 Å². The number of aliphatic hydroxyl groups excluding tert-OH is 1. The molecule has 1 aliphatic carbocycles. The van der Waals surface area contributed by atoms with Gasteiger partial charge in [0, 0.05) is 56.9 Å². The van der Waals surface area contributed by atoms with Crippen LogP contribution in [0.5, 0.6) is 0 Å². The van der Waals surface area contributed by atoms with Gasteiger partial charge in [0.2, 0.25) is 0 Å². The van der Waals surface area contributed by atoms with Gasteiger partial charge in [0.1, 0.15) is 17.6 Å². The van der Waals surface area contributed by atoms with E-state index >= 15 is 0 Å². The smallest absolute Gasteiger partial charge is 0.410 e. The Morgan fingerprint density at radius 1 is 1.15 bits per heavy atom. The Morgan fingerprint density at radius 2 is 1.82 bits per heavy atom. The van der Waals surface area contributed by atoms with E-state index < -0.39 is 11.8 Å². The van der Waals surface area contributed by atoms with E-state index in [9.17, 15) is 14.3 Å². The van der Waals surface area contributed by atoms with E-state index in [0.717, 1.165) is 82.7 Å². The summed E-state index contributed by atoms with van der Waals surface area (Å²) in [6, 6.07) is 3.54. The standard InChI is InChI=1S/C25H37FN4O3/c1-24(2,3)33-23(32)30-8-4-17(5-9-30)16-28-10-12-29(13-11-28)21-14-18-20(15-19(21)26)27-22(31)25(18)6-7-25/h14-15,17,22,27,31H,4-13,16H2,1-3H3. The molecule has 3 aliphatic heterocycles. The summed E-state index contributed by atoms with van der Waals surface area (Å²) in [5, 5.41) is 13.4. The minimum atomic E-state index is -0.597. The fourth-order valence-corrected chi connectivity index (χ4v) is 5.61. The first kappa shape index (κ1) is 22.7. The average molecular weight is 461 g/mol. The van der Waals surface area contributed by atoms with Crippen LogP contribution in [0.25, 0.3) is 0 Å². The second kappa shape index (κ2) is 8.31. The molecule has 0 bridgehead atoms. The summed E-state index contributed by atoms with van der Waals surface area (Å²) < 4.78 is 20.4. The molecule has 7 nitrogen and oxygen atoms in total. The van der Waals surface area contributed by atoms with E-state index in [1.54, 1.807) is 6.07 Å². The number of hydrogen-bond acceptors (Lipinski definition) is 6. The summed E-state index contributed by atoms with van der Waals surface area (Å²) in [7, 11) is 0. The fraction of sp³-hybridized carbons (Fsp3) is 0.720. The van der Waals surface area contributed by atoms with Crippen molar-refractivity contribution in [3.8, 4) is 0 Å². The molecule has 1 spiro atoms. The van der Waals surface area contributed by atoms with E-state index in [1.165, 1.54) is 0 Å². The van der Waals surface area contributed by atoms with Crippen LogP contribution in [0.2, 0.25) is 0 Å². The molecule has 4 aliphatic rings. The molecule has 1 amide bonds. The summed E-state index contributed by atoms with van der Waals surface area (Å²) >= 11 is 0. The Kier molecular flexibility index (Phi) is 5.72. The number of nitrogens with zero attached hydrogens (tertiary/aromatic N) is 3. The Labute approximate surface area is 195 Å². The number of carbonyl (C=O) groups is 1. The molecule has 33 heavy (non-hydrogen) atoms. The first-order chi connectivity index (χ1) is 15.6. The topological polar surface area (TPSA) is 68.3 Å². The Morgan fingerprint density at radius 3 is 2.42 bits per heavy atom. The predicted molar refractivity (Wildman–Crippen MR) is 126 cm³/mol. The van der Waals surface area contributed by atoms with Crippen LogP contribution in [-0.4, -0.2) is 78.6 Å². The third-order valence-electron chi connectivity index (χ3n) is 7.72. The van der Waals surface area contributed by atoms with Gasteiger partial charge in [-0.2, -0.15) is 0 Å². The molecule has 3 fully saturated rings. The zero-order chi connectivity index (χ0) is 23.4. The summed E-state index contributed by atoms with van der Waals surface area (Å²) in [4.78, 5) is 18.7. The minimum Gasteiger partial charge on any atom is -0.444 e. The third-order valence-corrected chi connectivity index (χ3v) is 7.72. The number of aliphatic hydroxyl groups is 1. The second-order valence-electron chi connectivity index (χ2n) is 11.3. The Bertz CT molecular complexity index is 898. The molecule has 3 heterocycles. The van der Waals surface area contributed by atoms with E-state index in [4.69, 9.17) is 4.74 Å². The van der Waals surface area contributed by atoms with Crippen LogP contribution in [0, 0.1) is 11.7 Å². The van der Waals surface area contributed by atoms with E-state index in [-0.39, 0.29) is 17.3 Å². The van der Waals surface area contributed by atoms with Crippen LogP contribution in [0.15, 0.2) is 12.1 Å². The van der Waals surface area contributed by atoms with Gasteiger partial charge in [0.05, 0.1) is 5.69 Å². The highest BCUT2D eigenvalue weighted by Gasteiger charge is 2.56. The molecule has 0 aromatic heterocycles. The van der Waals surface area contributed by atoms with Crippen LogP contribution in [0.4, 0.5) is 20.6 Å². The molecule has 1 saturated carbocycles. The maximum absolute atomic E-state index is 14.9. The highest BCUT2D eigenvalue weighted by Crippen LogP contribution is 2.58. The van der Waals surface area contributed by atoms with Crippen molar-refractivity contribution in [2.75, 3.05) is 56.0 Å². The number of piperazine rings is 1. The summed E-state index contributed by atoms with van der Waals surface area (Å²) in [6.07, 6.45) is 3.11. The molecule has 1 aromatic carbocycles. The fourth-order valence-electron chi connectivity index (χ4n) is 5.61. The van der Waals surface area contributed by atoms with Crippen molar-refractivity contribution in [2.24, 2.45) is 5.92 Å². The number of anilines is 2. The van der Waals surface area contributed by atoms with Crippen LogP contribution in [-0.2, 0) is 10.2 Å². The normalized spacial score (nSPS) is 25.2. The lowest BCUT2D eigenvalue weighted by Crippen LogP contribution is -2.49. The molecule has 8 heteroatoms. The van der Waals surface area contributed by atoms with Gasteiger partial charge in [-0.25, -0.2) is 9.18 Å². The molecule has 182 valence electrons. The highest BCUT2D eigenvalue weighted by atomic mass is 19.1. The lowest BCUT2D eigenvalue weighted by atomic mass is 9.95. The van der Waals surface area contributed by atoms with Gasteiger partial charge in [0.25, 0.3) is 0 Å². The van der Waals surface area contributed by atoms with Crippen LogP contribution in [0.1, 0.15) is 52.0 Å². The second-order valence-corrected chi connectivity index (χ2v) is 11.3. The first-order valence-corrected chi connectivity index (χ1v) is 12.4. The van der Waals surface area contributed by atoms with Crippen molar-refractivity contribution in [2.45, 2.75) is 63.7 Å². The lowest BCUT2D eigenvalue weighted by Gasteiger charge is -2.40. The number of likely N-dealkylation sites (tertiary alicyclic amines) is 1. The van der Waals surface area contributed by atoms with Crippen LogP contribution >= 0.6 is 0 Å². The summed E-state index contributed by atoms with van der Waals surface area (Å²) in [5.74, 6) is 0.364. The SMILES string of the molecule is CC(C)(C)OC(=O)N1CCC(CN2CCN(c3cc4c(cc3F)NC(O)C43CC3)CC2)CC1. The summed E-state index contributed by atoms with van der Waals surface area (Å²) in [5.41, 5.74) is 1.83. The van der Waals surface area contributed by atoms with E-state index in [0.29, 0.717) is 11.6 Å². The number of amides is 1. The van der Waals surface area contributed by atoms with Gasteiger partial charge >= 0.3 is 6.09 Å². The molecule has 1 aromatic rings. The molecular formula is C25H37FN4O3.